The van der Waals surface area contributed by atoms with Gasteiger partial charge in [0.1, 0.15) is 0 Å². The first kappa shape index (κ1) is 13.3. The fourth-order valence-electron chi connectivity index (χ4n) is 2.17. The fraction of sp³-hybridized carbons (Fsp3) is 0.538. The van der Waals surface area contributed by atoms with E-state index in [2.05, 4.69) is 15.2 Å². The van der Waals surface area contributed by atoms with Gasteiger partial charge in [-0.25, -0.2) is 0 Å². The predicted molar refractivity (Wildman–Crippen MR) is 71.9 cm³/mol. The summed E-state index contributed by atoms with van der Waals surface area (Å²) in [7, 11) is 0. The normalized spacial score (nSPS) is 16.5. The van der Waals surface area contributed by atoms with Crippen molar-refractivity contribution in [2.24, 2.45) is 0 Å². The van der Waals surface area contributed by atoms with Crippen LogP contribution < -0.4 is 5.32 Å². The van der Waals surface area contributed by atoms with Gasteiger partial charge in [0.05, 0.1) is 10.6 Å². The molecule has 0 aliphatic carbocycles. The minimum absolute atomic E-state index is 0.126. The minimum Gasteiger partial charge on any atom is -0.351 e. The van der Waals surface area contributed by atoms with E-state index in [4.69, 9.17) is 11.6 Å². The molecule has 1 fully saturated rings. The lowest BCUT2D eigenvalue weighted by molar-refractivity contribution is 0.0946. The quantitative estimate of drug-likeness (QED) is 0.907. The number of likely N-dealkylation sites (tertiary alicyclic amines) is 1. The van der Waals surface area contributed by atoms with E-state index in [1.54, 1.807) is 12.3 Å². The summed E-state index contributed by atoms with van der Waals surface area (Å²) in [4.78, 5) is 18.1. The number of amides is 1. The highest BCUT2D eigenvalue weighted by Crippen LogP contribution is 2.12. The Morgan fingerprint density at radius 2 is 2.17 bits per heavy atom. The number of nitrogens with one attached hydrogen (secondary N) is 1. The molecule has 18 heavy (non-hydrogen) atoms. The van der Waals surface area contributed by atoms with Crippen molar-refractivity contribution in [2.45, 2.75) is 19.3 Å². The Labute approximate surface area is 112 Å². The third-order valence-corrected chi connectivity index (χ3v) is 3.48. The van der Waals surface area contributed by atoms with Gasteiger partial charge in [0.2, 0.25) is 0 Å². The maximum absolute atomic E-state index is 11.9. The van der Waals surface area contributed by atoms with E-state index in [-0.39, 0.29) is 5.91 Å². The van der Waals surface area contributed by atoms with Crippen molar-refractivity contribution in [2.75, 3.05) is 26.2 Å². The highest BCUT2D eigenvalue weighted by Gasteiger charge is 2.12. The molecule has 0 unspecified atom stereocenters. The Balaban J connectivity index is 1.76. The van der Waals surface area contributed by atoms with Gasteiger partial charge in [-0.2, -0.15) is 0 Å². The highest BCUT2D eigenvalue weighted by atomic mass is 35.5. The van der Waals surface area contributed by atoms with Gasteiger partial charge in [-0.05, 0) is 32.0 Å². The summed E-state index contributed by atoms with van der Waals surface area (Å²) in [5.41, 5.74) is 0.491. The van der Waals surface area contributed by atoms with Crippen molar-refractivity contribution >= 4 is 17.5 Å². The Morgan fingerprint density at radius 3 is 2.89 bits per heavy atom. The topological polar surface area (TPSA) is 45.2 Å². The number of nitrogens with zero attached hydrogens (tertiary/aromatic N) is 2. The number of pyridine rings is 1. The van der Waals surface area contributed by atoms with E-state index in [0.717, 1.165) is 19.6 Å². The van der Waals surface area contributed by atoms with E-state index >= 15 is 0 Å². The molecule has 4 nitrogen and oxygen atoms in total. The zero-order valence-corrected chi connectivity index (χ0v) is 11.1. The average Bonchev–Trinajstić information content (AvgIpc) is 2.40. The Morgan fingerprint density at radius 1 is 1.39 bits per heavy atom. The van der Waals surface area contributed by atoms with E-state index in [1.807, 2.05) is 0 Å². The van der Waals surface area contributed by atoms with Crippen LogP contribution in [0.15, 0.2) is 18.5 Å². The van der Waals surface area contributed by atoms with Crippen LogP contribution >= 0.6 is 11.6 Å². The highest BCUT2D eigenvalue weighted by molar-refractivity contribution is 6.33. The van der Waals surface area contributed by atoms with Gasteiger partial charge < -0.3 is 10.2 Å². The molecule has 2 heterocycles. The SMILES string of the molecule is O=C(NCCN1CCCCC1)c1ccncc1Cl. The van der Waals surface area contributed by atoms with Gasteiger partial charge in [0.25, 0.3) is 5.91 Å². The van der Waals surface area contributed by atoms with Gasteiger partial charge in [0.15, 0.2) is 0 Å². The molecule has 1 aliphatic rings. The van der Waals surface area contributed by atoms with Crippen LogP contribution in [0.4, 0.5) is 0 Å². The molecule has 0 radical (unpaired) electrons. The molecule has 1 amide bonds. The molecule has 5 heteroatoms. The lowest BCUT2D eigenvalue weighted by Gasteiger charge is -2.26. The molecule has 0 bridgehead atoms. The molecule has 1 aromatic heterocycles. The van der Waals surface area contributed by atoms with Crippen LogP contribution in [0.5, 0.6) is 0 Å². The number of aromatic nitrogens is 1. The summed E-state index contributed by atoms with van der Waals surface area (Å²) >= 11 is 5.91. The molecule has 98 valence electrons. The summed E-state index contributed by atoms with van der Waals surface area (Å²) < 4.78 is 0. The lowest BCUT2D eigenvalue weighted by atomic mass is 10.1. The number of hydrogen-bond acceptors (Lipinski definition) is 3. The molecule has 1 saturated heterocycles. The van der Waals surface area contributed by atoms with Crippen molar-refractivity contribution < 1.29 is 4.79 Å². The van der Waals surface area contributed by atoms with Crippen molar-refractivity contribution in [3.05, 3.63) is 29.0 Å². The Bertz CT molecular complexity index is 405. The maximum Gasteiger partial charge on any atom is 0.252 e. The fourth-order valence-corrected chi connectivity index (χ4v) is 2.37. The Kier molecular flexibility index (Phi) is 4.96. The summed E-state index contributed by atoms with van der Waals surface area (Å²) in [6.45, 7) is 3.86. The van der Waals surface area contributed by atoms with Gasteiger partial charge in [-0.15, -0.1) is 0 Å². The third kappa shape index (κ3) is 3.68. The van der Waals surface area contributed by atoms with Crippen LogP contribution in [0, 0.1) is 0 Å². The maximum atomic E-state index is 11.9. The van der Waals surface area contributed by atoms with E-state index in [0.29, 0.717) is 17.1 Å². The monoisotopic (exact) mass is 267 g/mol. The third-order valence-electron chi connectivity index (χ3n) is 3.18. The van der Waals surface area contributed by atoms with Crippen molar-refractivity contribution in [3.63, 3.8) is 0 Å². The average molecular weight is 268 g/mol. The summed E-state index contributed by atoms with van der Waals surface area (Å²) in [6, 6.07) is 1.64. The second-order valence-electron chi connectivity index (χ2n) is 4.51. The molecule has 0 spiro atoms. The summed E-state index contributed by atoms with van der Waals surface area (Å²) in [5, 5.41) is 3.29. The zero-order valence-electron chi connectivity index (χ0n) is 10.4. The Hall–Kier alpha value is -1.13. The first-order chi connectivity index (χ1) is 8.77. The van der Waals surface area contributed by atoms with E-state index < -0.39 is 0 Å². The van der Waals surface area contributed by atoms with E-state index in [9.17, 15) is 4.79 Å². The summed E-state index contributed by atoms with van der Waals surface area (Å²) in [6.07, 6.45) is 6.93. The summed E-state index contributed by atoms with van der Waals surface area (Å²) in [5.74, 6) is -0.126. The van der Waals surface area contributed by atoms with Gasteiger partial charge in [-0.1, -0.05) is 18.0 Å². The van der Waals surface area contributed by atoms with Gasteiger partial charge in [-0.3, -0.25) is 9.78 Å². The van der Waals surface area contributed by atoms with Gasteiger partial charge >= 0.3 is 0 Å². The molecule has 0 atom stereocenters. The lowest BCUT2D eigenvalue weighted by Crippen LogP contribution is -2.37. The minimum atomic E-state index is -0.126. The number of hydrogen-bond donors (Lipinski definition) is 1. The zero-order chi connectivity index (χ0) is 12.8. The van der Waals surface area contributed by atoms with E-state index in [1.165, 1.54) is 25.5 Å². The standard InChI is InChI=1S/C13H18ClN3O/c14-12-10-15-5-4-11(12)13(18)16-6-9-17-7-2-1-3-8-17/h4-5,10H,1-3,6-9H2,(H,16,18). The number of halogens is 1. The first-order valence-electron chi connectivity index (χ1n) is 6.37. The van der Waals surface area contributed by atoms with Crippen LogP contribution in [-0.2, 0) is 0 Å². The van der Waals surface area contributed by atoms with Crippen LogP contribution in [-0.4, -0.2) is 42.0 Å². The number of carbonyl (C=O) groups is 1. The molecule has 0 saturated carbocycles. The molecular formula is C13H18ClN3O. The molecule has 0 aromatic carbocycles. The number of rotatable bonds is 4. The van der Waals surface area contributed by atoms with Crippen LogP contribution in [0.2, 0.25) is 5.02 Å². The van der Waals surface area contributed by atoms with Gasteiger partial charge in [0, 0.05) is 25.5 Å². The predicted octanol–water partition coefficient (Wildman–Crippen LogP) is 1.95. The smallest absolute Gasteiger partial charge is 0.252 e. The van der Waals surface area contributed by atoms with Crippen LogP contribution in [0.25, 0.3) is 0 Å². The van der Waals surface area contributed by atoms with Crippen LogP contribution in [0.1, 0.15) is 29.6 Å². The second kappa shape index (κ2) is 6.71. The first-order valence-corrected chi connectivity index (χ1v) is 6.75. The molecular weight excluding hydrogens is 250 g/mol. The molecule has 1 aromatic rings. The number of carbonyl (C=O) groups excluding carboxylic acids is 1. The molecule has 2 rings (SSSR count). The van der Waals surface area contributed by atoms with Crippen molar-refractivity contribution in [1.82, 2.24) is 15.2 Å². The number of piperidine rings is 1. The largest absolute Gasteiger partial charge is 0.351 e. The van der Waals surface area contributed by atoms with Crippen LogP contribution in [0.3, 0.4) is 0 Å². The van der Waals surface area contributed by atoms with Crippen molar-refractivity contribution in [1.29, 1.82) is 0 Å². The van der Waals surface area contributed by atoms with Crippen molar-refractivity contribution in [3.8, 4) is 0 Å². The second-order valence-corrected chi connectivity index (χ2v) is 4.92. The molecule has 1 N–H and O–H groups in total. The molecule has 1 aliphatic heterocycles.